The molecule has 0 N–H and O–H groups in total. The second kappa shape index (κ2) is 2.49. The van der Waals surface area contributed by atoms with E-state index in [4.69, 9.17) is 0 Å². The van der Waals surface area contributed by atoms with E-state index in [1.165, 1.54) is 0 Å². The number of hydrogen-bond donors (Lipinski definition) is 0. The van der Waals surface area contributed by atoms with Crippen molar-refractivity contribution in [3.05, 3.63) is 24.0 Å². The summed E-state index contributed by atoms with van der Waals surface area (Å²) in [6.07, 6.45) is 7.66. The van der Waals surface area contributed by atoms with Gasteiger partial charge >= 0.3 is 0 Å². The van der Waals surface area contributed by atoms with Crippen molar-refractivity contribution in [2.75, 3.05) is 14.1 Å². The molecule has 0 aromatic heterocycles. The van der Waals surface area contributed by atoms with Crippen molar-refractivity contribution in [1.29, 1.82) is 0 Å². The third-order valence-electron chi connectivity index (χ3n) is 0.967. The topological polar surface area (TPSA) is 15.6 Å². The van der Waals surface area contributed by atoms with E-state index in [9.17, 15) is 0 Å². The summed E-state index contributed by atoms with van der Waals surface area (Å²) in [5, 5.41) is 0. The maximum atomic E-state index is 4.06. The Morgan fingerprint density at radius 1 is 1.56 bits per heavy atom. The summed E-state index contributed by atoms with van der Waals surface area (Å²) in [7, 11) is 3.96. The summed E-state index contributed by atoms with van der Waals surface area (Å²) in [5.74, 6) is 0. The van der Waals surface area contributed by atoms with Crippen molar-refractivity contribution in [3.8, 4) is 0 Å². The fraction of sp³-hybridized carbons (Fsp3) is 0.286. The molecule has 0 aromatic carbocycles. The van der Waals surface area contributed by atoms with Gasteiger partial charge in [0, 0.05) is 26.5 Å². The van der Waals surface area contributed by atoms with Gasteiger partial charge in [-0.2, -0.15) is 0 Å². The summed E-state index contributed by atoms with van der Waals surface area (Å²) in [6, 6.07) is 0. The monoisotopic (exact) mass is 122 g/mol. The van der Waals surface area contributed by atoms with Crippen LogP contribution in [0.1, 0.15) is 0 Å². The molecule has 0 aromatic rings. The highest BCUT2D eigenvalue weighted by Gasteiger charge is 1.90. The van der Waals surface area contributed by atoms with Crippen LogP contribution >= 0.6 is 0 Å². The molecule has 1 aliphatic heterocycles. The maximum Gasteiger partial charge on any atom is 0.0788 e. The van der Waals surface area contributed by atoms with Crippen molar-refractivity contribution in [3.63, 3.8) is 0 Å². The molecule has 0 saturated carbocycles. The van der Waals surface area contributed by atoms with Crippen LogP contribution < -0.4 is 0 Å². The second-order valence-corrected chi connectivity index (χ2v) is 2.15. The van der Waals surface area contributed by atoms with Gasteiger partial charge in [0.15, 0.2) is 0 Å². The maximum absolute atomic E-state index is 4.06. The van der Waals surface area contributed by atoms with Crippen molar-refractivity contribution in [2.45, 2.75) is 0 Å². The first-order valence-electron chi connectivity index (χ1n) is 2.88. The molecule has 48 valence electrons. The zero-order valence-corrected chi connectivity index (χ0v) is 5.70. The number of aliphatic imine (C=N–C) groups is 1. The zero-order chi connectivity index (χ0) is 6.69. The van der Waals surface area contributed by atoms with Crippen LogP contribution in [0, 0.1) is 0 Å². The van der Waals surface area contributed by atoms with Crippen LogP contribution in [0.3, 0.4) is 0 Å². The first kappa shape index (κ1) is 6.08. The minimum Gasteiger partial charge on any atom is -0.382 e. The van der Waals surface area contributed by atoms with Crippen LogP contribution in [0.25, 0.3) is 0 Å². The van der Waals surface area contributed by atoms with Crippen LogP contribution in [0.2, 0.25) is 0 Å². The third-order valence-corrected chi connectivity index (χ3v) is 0.967. The average Bonchev–Trinajstić information content (AvgIpc) is 2.15. The van der Waals surface area contributed by atoms with Gasteiger partial charge in [0.05, 0.1) is 5.70 Å². The van der Waals surface area contributed by atoms with Gasteiger partial charge < -0.3 is 4.90 Å². The molecule has 1 heterocycles. The first-order chi connectivity index (χ1) is 4.29. The highest BCUT2D eigenvalue weighted by Crippen LogP contribution is 2.03. The highest BCUT2D eigenvalue weighted by molar-refractivity contribution is 5.76. The van der Waals surface area contributed by atoms with Crippen LogP contribution in [0.5, 0.6) is 0 Å². The van der Waals surface area contributed by atoms with E-state index in [2.05, 4.69) is 4.99 Å². The summed E-state index contributed by atoms with van der Waals surface area (Å²) < 4.78 is 0. The largest absolute Gasteiger partial charge is 0.382 e. The fourth-order valence-electron chi connectivity index (χ4n) is 0.655. The molecule has 0 bridgehead atoms. The van der Waals surface area contributed by atoms with Crippen LogP contribution in [0.4, 0.5) is 0 Å². The van der Waals surface area contributed by atoms with Crippen LogP contribution in [-0.4, -0.2) is 25.2 Å². The SMILES string of the molecule is CN(C)C=C1C=CC=N1. The molecule has 0 aliphatic carbocycles. The number of rotatable bonds is 1. The van der Waals surface area contributed by atoms with E-state index in [1.54, 1.807) is 6.21 Å². The molecule has 0 saturated heterocycles. The summed E-state index contributed by atoms with van der Waals surface area (Å²) in [5.41, 5.74) is 1.01. The smallest absolute Gasteiger partial charge is 0.0788 e. The van der Waals surface area contributed by atoms with E-state index in [-0.39, 0.29) is 0 Å². The molecule has 0 unspecified atom stereocenters. The number of nitrogens with zero attached hydrogens (tertiary/aromatic N) is 2. The molecule has 2 heteroatoms. The zero-order valence-electron chi connectivity index (χ0n) is 5.70. The van der Waals surface area contributed by atoms with E-state index < -0.39 is 0 Å². The highest BCUT2D eigenvalue weighted by atomic mass is 15.0. The first-order valence-corrected chi connectivity index (χ1v) is 2.88. The Bertz CT molecular complexity index is 161. The molecule has 9 heavy (non-hydrogen) atoms. The van der Waals surface area contributed by atoms with Gasteiger partial charge in [-0.1, -0.05) is 0 Å². The Hall–Kier alpha value is -1.05. The van der Waals surface area contributed by atoms with Crippen molar-refractivity contribution in [1.82, 2.24) is 4.90 Å². The number of hydrogen-bond acceptors (Lipinski definition) is 2. The average molecular weight is 122 g/mol. The van der Waals surface area contributed by atoms with Gasteiger partial charge in [-0.15, -0.1) is 0 Å². The fourth-order valence-corrected chi connectivity index (χ4v) is 0.655. The van der Waals surface area contributed by atoms with Gasteiger partial charge in [-0.25, -0.2) is 0 Å². The van der Waals surface area contributed by atoms with Gasteiger partial charge in [0.1, 0.15) is 0 Å². The van der Waals surface area contributed by atoms with Crippen molar-refractivity contribution < 1.29 is 0 Å². The Morgan fingerprint density at radius 2 is 2.33 bits per heavy atom. The molecule has 1 rings (SSSR count). The predicted octanol–water partition coefficient (Wildman–Crippen LogP) is 1.03. The normalized spacial score (nSPS) is 19.6. The lowest BCUT2D eigenvalue weighted by molar-refractivity contribution is 0.559. The van der Waals surface area contributed by atoms with Gasteiger partial charge in [0.2, 0.25) is 0 Å². The van der Waals surface area contributed by atoms with Crippen molar-refractivity contribution >= 4 is 6.21 Å². The molecule has 0 fully saturated rings. The predicted molar refractivity (Wildman–Crippen MR) is 39.4 cm³/mol. The molecular weight excluding hydrogens is 112 g/mol. The molecule has 0 atom stereocenters. The molecule has 0 spiro atoms. The lowest BCUT2D eigenvalue weighted by Crippen LogP contribution is -2.00. The van der Waals surface area contributed by atoms with E-state index >= 15 is 0 Å². The van der Waals surface area contributed by atoms with Gasteiger partial charge in [-0.3, -0.25) is 4.99 Å². The molecule has 0 radical (unpaired) electrons. The van der Waals surface area contributed by atoms with Crippen molar-refractivity contribution in [2.24, 2.45) is 4.99 Å². The van der Waals surface area contributed by atoms with Crippen LogP contribution in [0.15, 0.2) is 29.0 Å². The van der Waals surface area contributed by atoms with E-state index in [0.717, 1.165) is 5.70 Å². The second-order valence-electron chi connectivity index (χ2n) is 2.15. The number of allylic oxidation sites excluding steroid dienone is 2. The molecular formula is C7H10N2. The Balaban J connectivity index is 2.62. The summed E-state index contributed by atoms with van der Waals surface area (Å²) in [4.78, 5) is 6.03. The van der Waals surface area contributed by atoms with E-state index in [0.29, 0.717) is 0 Å². The van der Waals surface area contributed by atoms with Gasteiger partial charge in [-0.05, 0) is 12.2 Å². The minimum absolute atomic E-state index is 1.01. The molecule has 1 aliphatic rings. The van der Waals surface area contributed by atoms with E-state index in [1.807, 2.05) is 37.3 Å². The quantitative estimate of drug-likeness (QED) is 0.507. The Morgan fingerprint density at radius 3 is 2.78 bits per heavy atom. The molecule has 2 nitrogen and oxygen atoms in total. The van der Waals surface area contributed by atoms with Gasteiger partial charge in [0.25, 0.3) is 0 Å². The summed E-state index contributed by atoms with van der Waals surface area (Å²) in [6.45, 7) is 0. The third kappa shape index (κ3) is 1.72. The standard InChI is InChI=1S/C7H10N2/c1-9(2)6-7-4-3-5-8-7/h3-6H,1-2H3. The lowest BCUT2D eigenvalue weighted by Gasteiger charge is -2.02. The summed E-state index contributed by atoms with van der Waals surface area (Å²) >= 11 is 0. The Labute approximate surface area is 55.2 Å². The minimum atomic E-state index is 1.01. The van der Waals surface area contributed by atoms with Crippen LogP contribution in [-0.2, 0) is 0 Å². The molecule has 0 amide bonds. The Kier molecular flexibility index (Phi) is 1.68. The lowest BCUT2D eigenvalue weighted by atomic mass is 10.4.